The van der Waals surface area contributed by atoms with E-state index in [2.05, 4.69) is 14.9 Å². The molecular formula is C10H15N3O4S. The van der Waals surface area contributed by atoms with Gasteiger partial charge in [-0.3, -0.25) is 9.89 Å². The molecule has 1 saturated carbocycles. The molecule has 0 amide bonds. The van der Waals surface area contributed by atoms with Gasteiger partial charge in [-0.25, -0.2) is 13.1 Å². The molecule has 0 radical (unpaired) electrons. The van der Waals surface area contributed by atoms with Crippen molar-refractivity contribution in [2.24, 2.45) is 11.8 Å². The molecule has 1 fully saturated rings. The van der Waals surface area contributed by atoms with Crippen molar-refractivity contribution in [3.05, 3.63) is 12.3 Å². The Hall–Kier alpha value is -1.41. The van der Waals surface area contributed by atoms with Crippen molar-refractivity contribution < 1.29 is 18.3 Å². The third kappa shape index (κ3) is 2.70. The topological polar surface area (TPSA) is 112 Å². The maximum atomic E-state index is 11.8. The number of hydrogen-bond acceptors (Lipinski definition) is 4. The Morgan fingerprint density at radius 3 is 2.94 bits per heavy atom. The summed E-state index contributed by atoms with van der Waals surface area (Å²) in [7, 11) is -3.61. The fraction of sp³-hybridized carbons (Fsp3) is 0.600. The first-order valence-corrected chi connectivity index (χ1v) is 7.21. The molecule has 3 N–H and O–H groups in total. The number of nitrogens with zero attached hydrogens (tertiary/aromatic N) is 1. The van der Waals surface area contributed by atoms with Gasteiger partial charge in [0.2, 0.25) is 0 Å². The number of aromatic amines is 1. The maximum Gasteiger partial charge on any atom is 0.306 e. The van der Waals surface area contributed by atoms with E-state index in [4.69, 9.17) is 5.11 Å². The van der Waals surface area contributed by atoms with Gasteiger partial charge in [0.15, 0.2) is 5.03 Å². The lowest BCUT2D eigenvalue weighted by Gasteiger charge is -2.15. The maximum absolute atomic E-state index is 11.8. The van der Waals surface area contributed by atoms with E-state index in [1.807, 2.05) is 0 Å². The second-order valence-corrected chi connectivity index (χ2v) is 6.14. The Balaban J connectivity index is 1.98. The van der Waals surface area contributed by atoms with Crippen molar-refractivity contribution in [3.63, 3.8) is 0 Å². The van der Waals surface area contributed by atoms with Crippen LogP contribution < -0.4 is 4.72 Å². The molecule has 8 heteroatoms. The second-order valence-electron chi connectivity index (χ2n) is 4.41. The Kier molecular flexibility index (Phi) is 3.67. The molecule has 1 aliphatic carbocycles. The van der Waals surface area contributed by atoms with Crippen molar-refractivity contribution in [1.82, 2.24) is 14.9 Å². The van der Waals surface area contributed by atoms with E-state index >= 15 is 0 Å². The average molecular weight is 273 g/mol. The molecule has 18 heavy (non-hydrogen) atoms. The molecule has 0 saturated heterocycles. The Labute approximate surface area is 105 Å². The number of carboxylic acid groups (broad SMARTS) is 1. The summed E-state index contributed by atoms with van der Waals surface area (Å²) in [5, 5.41) is 14.9. The van der Waals surface area contributed by atoms with Crippen LogP contribution in [-0.4, -0.2) is 36.2 Å². The monoisotopic (exact) mass is 273 g/mol. The van der Waals surface area contributed by atoms with Gasteiger partial charge in [0, 0.05) is 6.54 Å². The normalized spacial score (nSPS) is 24.2. The summed E-state index contributed by atoms with van der Waals surface area (Å²) in [5.41, 5.74) is 0. The number of carbonyl (C=O) groups is 1. The number of nitrogens with one attached hydrogen (secondary N) is 2. The summed E-state index contributed by atoms with van der Waals surface area (Å²) in [6.07, 6.45) is 3.53. The van der Waals surface area contributed by atoms with Crippen LogP contribution in [0.3, 0.4) is 0 Å². The Morgan fingerprint density at radius 1 is 1.56 bits per heavy atom. The summed E-state index contributed by atoms with van der Waals surface area (Å²) in [5.74, 6) is -1.44. The van der Waals surface area contributed by atoms with E-state index in [1.54, 1.807) is 0 Å². The first kappa shape index (κ1) is 13.0. The lowest BCUT2D eigenvalue weighted by atomic mass is 9.97. The van der Waals surface area contributed by atoms with E-state index in [9.17, 15) is 13.2 Å². The van der Waals surface area contributed by atoms with Crippen molar-refractivity contribution >= 4 is 16.0 Å². The molecule has 1 aromatic rings. The van der Waals surface area contributed by atoms with Crippen LogP contribution >= 0.6 is 0 Å². The van der Waals surface area contributed by atoms with Crippen molar-refractivity contribution in [2.45, 2.75) is 24.3 Å². The molecule has 0 aromatic carbocycles. The van der Waals surface area contributed by atoms with Crippen LogP contribution in [0, 0.1) is 11.8 Å². The zero-order valence-corrected chi connectivity index (χ0v) is 10.5. The van der Waals surface area contributed by atoms with Gasteiger partial charge in [-0.05, 0) is 24.8 Å². The molecule has 0 spiro atoms. The third-order valence-electron chi connectivity index (χ3n) is 3.28. The van der Waals surface area contributed by atoms with Crippen LogP contribution in [0.5, 0.6) is 0 Å². The molecule has 2 unspecified atom stereocenters. The van der Waals surface area contributed by atoms with E-state index in [0.717, 1.165) is 12.8 Å². The predicted octanol–water partition coefficient (Wildman–Crippen LogP) is 0.189. The van der Waals surface area contributed by atoms with E-state index < -0.39 is 21.9 Å². The predicted molar refractivity (Wildman–Crippen MR) is 62.2 cm³/mol. The number of hydrogen-bond donors (Lipinski definition) is 3. The van der Waals surface area contributed by atoms with E-state index in [-0.39, 0.29) is 17.5 Å². The molecule has 7 nitrogen and oxygen atoms in total. The molecule has 0 bridgehead atoms. The zero-order valence-electron chi connectivity index (χ0n) is 9.67. The number of sulfonamides is 1. The summed E-state index contributed by atoms with van der Waals surface area (Å²) in [4.78, 5) is 11.0. The van der Waals surface area contributed by atoms with Gasteiger partial charge in [0.1, 0.15) is 0 Å². The summed E-state index contributed by atoms with van der Waals surface area (Å²) in [6.45, 7) is 0.151. The number of aliphatic carboxylic acids is 1. The van der Waals surface area contributed by atoms with Crippen LogP contribution in [0.4, 0.5) is 0 Å². The number of aromatic nitrogens is 2. The highest BCUT2D eigenvalue weighted by Crippen LogP contribution is 2.31. The van der Waals surface area contributed by atoms with Gasteiger partial charge < -0.3 is 5.11 Å². The zero-order chi connectivity index (χ0) is 13.2. The largest absolute Gasteiger partial charge is 0.481 e. The van der Waals surface area contributed by atoms with Crippen molar-refractivity contribution in [2.75, 3.05) is 6.54 Å². The molecule has 1 aliphatic rings. The summed E-state index contributed by atoms with van der Waals surface area (Å²) in [6, 6.07) is 1.35. The van der Waals surface area contributed by atoms with E-state index in [1.165, 1.54) is 12.3 Å². The third-order valence-corrected chi connectivity index (χ3v) is 4.63. The fourth-order valence-electron chi connectivity index (χ4n) is 2.29. The molecule has 0 aliphatic heterocycles. The molecule has 1 heterocycles. The highest BCUT2D eigenvalue weighted by atomic mass is 32.2. The lowest BCUT2D eigenvalue weighted by Crippen LogP contribution is -2.33. The Morgan fingerprint density at radius 2 is 2.33 bits per heavy atom. The molecule has 100 valence electrons. The van der Waals surface area contributed by atoms with Gasteiger partial charge in [-0.15, -0.1) is 0 Å². The quantitative estimate of drug-likeness (QED) is 0.709. The van der Waals surface area contributed by atoms with Gasteiger partial charge in [-0.1, -0.05) is 6.42 Å². The van der Waals surface area contributed by atoms with Gasteiger partial charge in [-0.2, -0.15) is 5.10 Å². The van der Waals surface area contributed by atoms with Gasteiger partial charge in [0.05, 0.1) is 12.1 Å². The fourth-order valence-corrected chi connectivity index (χ4v) is 3.30. The lowest BCUT2D eigenvalue weighted by molar-refractivity contribution is -0.142. The van der Waals surface area contributed by atoms with Gasteiger partial charge >= 0.3 is 5.97 Å². The number of carboxylic acids is 1. The first-order valence-electron chi connectivity index (χ1n) is 5.72. The van der Waals surface area contributed by atoms with Crippen LogP contribution in [0.15, 0.2) is 17.3 Å². The Bertz CT molecular complexity index is 511. The van der Waals surface area contributed by atoms with Gasteiger partial charge in [0.25, 0.3) is 10.0 Å². The van der Waals surface area contributed by atoms with Crippen molar-refractivity contribution in [1.29, 1.82) is 0 Å². The highest BCUT2D eigenvalue weighted by molar-refractivity contribution is 7.89. The first-order chi connectivity index (χ1) is 8.50. The SMILES string of the molecule is O=C(O)C1CCCC1CNS(=O)(=O)c1ccn[nH]1. The molecular weight excluding hydrogens is 258 g/mol. The standard InChI is InChI=1S/C10H15N3O4S/c14-10(15)8-3-1-2-7(8)6-12-18(16,17)9-4-5-11-13-9/h4-5,7-8,12H,1-3,6H2,(H,11,13)(H,14,15). The number of rotatable bonds is 5. The van der Waals surface area contributed by atoms with Crippen molar-refractivity contribution in [3.8, 4) is 0 Å². The van der Waals surface area contributed by atoms with Crippen LogP contribution in [0.25, 0.3) is 0 Å². The van der Waals surface area contributed by atoms with Crippen LogP contribution in [0.1, 0.15) is 19.3 Å². The average Bonchev–Trinajstić information content (AvgIpc) is 2.97. The molecule has 2 atom stereocenters. The second kappa shape index (κ2) is 5.07. The summed E-state index contributed by atoms with van der Waals surface area (Å²) < 4.78 is 26.0. The minimum absolute atomic E-state index is 0.00706. The molecule has 1 aromatic heterocycles. The molecule has 2 rings (SSSR count). The highest BCUT2D eigenvalue weighted by Gasteiger charge is 2.33. The minimum atomic E-state index is -3.61. The van der Waals surface area contributed by atoms with Crippen LogP contribution in [0.2, 0.25) is 0 Å². The number of H-pyrrole nitrogens is 1. The smallest absolute Gasteiger partial charge is 0.306 e. The van der Waals surface area contributed by atoms with Crippen LogP contribution in [-0.2, 0) is 14.8 Å². The minimum Gasteiger partial charge on any atom is -0.481 e. The summed E-state index contributed by atoms with van der Waals surface area (Å²) >= 11 is 0. The van der Waals surface area contributed by atoms with E-state index in [0.29, 0.717) is 6.42 Å².